The van der Waals surface area contributed by atoms with E-state index < -0.39 is 0 Å². The SMILES string of the molecule is CC1CCOC1C(N)c1ccc(F)c(Br)c1. The van der Waals surface area contributed by atoms with Crippen molar-refractivity contribution >= 4 is 15.9 Å². The summed E-state index contributed by atoms with van der Waals surface area (Å²) in [6, 6.07) is 4.70. The normalized spacial score (nSPS) is 27.0. The van der Waals surface area contributed by atoms with Gasteiger partial charge in [0.05, 0.1) is 16.6 Å². The first-order valence-electron chi connectivity index (χ1n) is 5.41. The van der Waals surface area contributed by atoms with Gasteiger partial charge in [0.25, 0.3) is 0 Å². The molecule has 1 saturated heterocycles. The second-order valence-corrected chi connectivity index (χ2v) is 5.16. The van der Waals surface area contributed by atoms with Crippen molar-refractivity contribution in [3.8, 4) is 0 Å². The molecule has 0 radical (unpaired) electrons. The Morgan fingerprint density at radius 1 is 1.56 bits per heavy atom. The van der Waals surface area contributed by atoms with Crippen molar-refractivity contribution in [1.82, 2.24) is 0 Å². The van der Waals surface area contributed by atoms with Gasteiger partial charge < -0.3 is 10.5 Å². The average molecular weight is 288 g/mol. The molecule has 1 aromatic rings. The molecule has 0 saturated carbocycles. The molecule has 2 N–H and O–H groups in total. The third-order valence-electron chi connectivity index (χ3n) is 3.13. The van der Waals surface area contributed by atoms with Crippen LogP contribution in [-0.4, -0.2) is 12.7 Å². The Hall–Kier alpha value is -0.450. The zero-order chi connectivity index (χ0) is 11.7. The molecule has 1 fully saturated rings. The highest BCUT2D eigenvalue weighted by atomic mass is 79.9. The summed E-state index contributed by atoms with van der Waals surface area (Å²) in [5.41, 5.74) is 7.05. The molecule has 0 aliphatic carbocycles. The van der Waals surface area contributed by atoms with E-state index in [0.29, 0.717) is 10.4 Å². The van der Waals surface area contributed by atoms with E-state index in [1.807, 2.05) is 0 Å². The zero-order valence-corrected chi connectivity index (χ0v) is 10.7. The number of benzene rings is 1. The molecule has 2 rings (SSSR count). The lowest BCUT2D eigenvalue weighted by Crippen LogP contribution is -2.29. The highest BCUT2D eigenvalue weighted by molar-refractivity contribution is 9.10. The second-order valence-electron chi connectivity index (χ2n) is 4.30. The Kier molecular flexibility index (Phi) is 3.62. The molecular weight excluding hydrogens is 273 g/mol. The predicted molar refractivity (Wildman–Crippen MR) is 64.5 cm³/mol. The van der Waals surface area contributed by atoms with E-state index >= 15 is 0 Å². The van der Waals surface area contributed by atoms with E-state index in [0.717, 1.165) is 18.6 Å². The van der Waals surface area contributed by atoms with Gasteiger partial charge in [0, 0.05) is 6.61 Å². The van der Waals surface area contributed by atoms with E-state index in [4.69, 9.17) is 10.5 Å². The van der Waals surface area contributed by atoms with Crippen molar-refractivity contribution in [2.24, 2.45) is 11.7 Å². The summed E-state index contributed by atoms with van der Waals surface area (Å²) in [6.07, 6.45) is 1.08. The van der Waals surface area contributed by atoms with Gasteiger partial charge in [0.15, 0.2) is 0 Å². The lowest BCUT2D eigenvalue weighted by atomic mass is 9.93. The topological polar surface area (TPSA) is 35.2 Å². The summed E-state index contributed by atoms with van der Waals surface area (Å²) >= 11 is 3.17. The molecule has 0 spiro atoms. The summed E-state index contributed by atoms with van der Waals surface area (Å²) in [4.78, 5) is 0. The van der Waals surface area contributed by atoms with Crippen molar-refractivity contribution in [3.63, 3.8) is 0 Å². The fraction of sp³-hybridized carbons (Fsp3) is 0.500. The number of ether oxygens (including phenoxy) is 1. The summed E-state index contributed by atoms with van der Waals surface area (Å²) in [5.74, 6) is 0.190. The Balaban J connectivity index is 2.20. The van der Waals surface area contributed by atoms with Crippen LogP contribution in [0.3, 0.4) is 0 Å². The molecule has 1 heterocycles. The van der Waals surface area contributed by atoms with Crippen LogP contribution in [0.2, 0.25) is 0 Å². The minimum Gasteiger partial charge on any atom is -0.376 e. The van der Waals surface area contributed by atoms with Crippen LogP contribution in [0.1, 0.15) is 24.9 Å². The van der Waals surface area contributed by atoms with Gasteiger partial charge >= 0.3 is 0 Å². The molecule has 1 aliphatic rings. The molecule has 2 nitrogen and oxygen atoms in total. The summed E-state index contributed by atoms with van der Waals surface area (Å²) in [6.45, 7) is 2.90. The molecule has 4 heteroatoms. The average Bonchev–Trinajstić information content (AvgIpc) is 2.67. The van der Waals surface area contributed by atoms with Crippen LogP contribution >= 0.6 is 15.9 Å². The van der Waals surface area contributed by atoms with Gasteiger partial charge in [-0.1, -0.05) is 13.0 Å². The summed E-state index contributed by atoms with van der Waals surface area (Å²) in [5, 5.41) is 0. The number of hydrogen-bond donors (Lipinski definition) is 1. The van der Waals surface area contributed by atoms with Crippen LogP contribution in [0.4, 0.5) is 4.39 Å². The quantitative estimate of drug-likeness (QED) is 0.908. The standard InChI is InChI=1S/C12H15BrFNO/c1-7-4-5-16-12(7)11(15)8-2-3-10(14)9(13)6-8/h2-3,6-7,11-12H,4-5,15H2,1H3. The highest BCUT2D eigenvalue weighted by Gasteiger charge is 2.30. The van der Waals surface area contributed by atoms with Crippen LogP contribution in [0.25, 0.3) is 0 Å². The molecule has 0 bridgehead atoms. The minimum atomic E-state index is -0.267. The number of halogens is 2. The van der Waals surface area contributed by atoms with Gasteiger partial charge in [-0.2, -0.15) is 0 Å². The van der Waals surface area contributed by atoms with Gasteiger partial charge in [-0.3, -0.25) is 0 Å². The Labute approximate surface area is 103 Å². The van der Waals surface area contributed by atoms with Gasteiger partial charge in [0.2, 0.25) is 0 Å². The number of hydrogen-bond acceptors (Lipinski definition) is 2. The fourth-order valence-electron chi connectivity index (χ4n) is 2.09. The van der Waals surface area contributed by atoms with Gasteiger partial charge in [0.1, 0.15) is 5.82 Å². The fourth-order valence-corrected chi connectivity index (χ4v) is 2.48. The van der Waals surface area contributed by atoms with Gasteiger partial charge in [-0.15, -0.1) is 0 Å². The van der Waals surface area contributed by atoms with E-state index in [2.05, 4.69) is 22.9 Å². The monoisotopic (exact) mass is 287 g/mol. The van der Waals surface area contributed by atoms with Gasteiger partial charge in [-0.05, 0) is 46.0 Å². The van der Waals surface area contributed by atoms with Crippen LogP contribution in [0.5, 0.6) is 0 Å². The molecule has 0 aromatic heterocycles. The van der Waals surface area contributed by atoms with Crippen molar-refractivity contribution in [2.75, 3.05) is 6.61 Å². The first-order chi connectivity index (χ1) is 7.59. The summed E-state index contributed by atoms with van der Waals surface area (Å²) in [7, 11) is 0. The maximum Gasteiger partial charge on any atom is 0.137 e. The largest absolute Gasteiger partial charge is 0.376 e. The molecule has 0 amide bonds. The minimum absolute atomic E-state index is 0.0392. The van der Waals surface area contributed by atoms with Crippen LogP contribution in [-0.2, 0) is 4.74 Å². The second kappa shape index (κ2) is 4.82. The number of nitrogens with two attached hydrogens (primary N) is 1. The zero-order valence-electron chi connectivity index (χ0n) is 9.12. The number of rotatable bonds is 2. The van der Waals surface area contributed by atoms with Crippen molar-refractivity contribution in [3.05, 3.63) is 34.1 Å². The smallest absolute Gasteiger partial charge is 0.137 e. The molecule has 16 heavy (non-hydrogen) atoms. The maximum atomic E-state index is 13.1. The molecule has 3 unspecified atom stereocenters. The van der Waals surface area contributed by atoms with Crippen LogP contribution in [0, 0.1) is 11.7 Å². The molecule has 1 aliphatic heterocycles. The maximum absolute atomic E-state index is 13.1. The van der Waals surface area contributed by atoms with E-state index in [1.54, 1.807) is 12.1 Å². The molecule has 3 atom stereocenters. The first-order valence-corrected chi connectivity index (χ1v) is 6.21. The van der Waals surface area contributed by atoms with Gasteiger partial charge in [-0.25, -0.2) is 4.39 Å². The highest BCUT2D eigenvalue weighted by Crippen LogP contribution is 2.31. The van der Waals surface area contributed by atoms with E-state index in [9.17, 15) is 4.39 Å². The Morgan fingerprint density at radius 3 is 2.88 bits per heavy atom. The first kappa shape index (κ1) is 12.0. The van der Waals surface area contributed by atoms with Crippen LogP contribution in [0.15, 0.2) is 22.7 Å². The lowest BCUT2D eigenvalue weighted by molar-refractivity contribution is 0.0724. The van der Waals surface area contributed by atoms with Crippen molar-refractivity contribution in [2.45, 2.75) is 25.5 Å². The van der Waals surface area contributed by atoms with Crippen molar-refractivity contribution < 1.29 is 9.13 Å². The third kappa shape index (κ3) is 2.29. The van der Waals surface area contributed by atoms with E-state index in [1.165, 1.54) is 6.07 Å². The predicted octanol–water partition coefficient (Wildman–Crippen LogP) is 3.01. The third-order valence-corrected chi connectivity index (χ3v) is 3.73. The van der Waals surface area contributed by atoms with E-state index in [-0.39, 0.29) is 18.0 Å². The Morgan fingerprint density at radius 2 is 2.31 bits per heavy atom. The van der Waals surface area contributed by atoms with Crippen molar-refractivity contribution in [1.29, 1.82) is 0 Å². The molecule has 1 aromatic carbocycles. The molecule has 88 valence electrons. The lowest BCUT2D eigenvalue weighted by Gasteiger charge is -2.22. The summed E-state index contributed by atoms with van der Waals surface area (Å²) < 4.78 is 19.2. The Bertz CT molecular complexity index is 385. The molecular formula is C12H15BrFNO. The van der Waals surface area contributed by atoms with Crippen LogP contribution < -0.4 is 5.73 Å².